The van der Waals surface area contributed by atoms with Crippen LogP contribution in [0.5, 0.6) is 11.5 Å². The predicted molar refractivity (Wildman–Crippen MR) is 95.6 cm³/mol. The lowest BCUT2D eigenvalue weighted by atomic mass is 10.0. The van der Waals surface area contributed by atoms with E-state index in [4.69, 9.17) is 9.47 Å². The molecule has 1 aromatic carbocycles. The Morgan fingerprint density at radius 3 is 2.58 bits per heavy atom. The fourth-order valence-corrected chi connectivity index (χ4v) is 3.43. The van der Waals surface area contributed by atoms with Gasteiger partial charge in [-0.1, -0.05) is 25.8 Å². The summed E-state index contributed by atoms with van der Waals surface area (Å²) in [5.74, 6) is 1.92. The maximum absolute atomic E-state index is 12.6. The lowest BCUT2D eigenvalue weighted by Crippen LogP contribution is -2.55. The Bertz CT molecular complexity index is 574. The van der Waals surface area contributed by atoms with E-state index in [0.717, 1.165) is 61.5 Å². The number of amides is 1. The van der Waals surface area contributed by atoms with Crippen molar-refractivity contribution in [3.63, 3.8) is 0 Å². The van der Waals surface area contributed by atoms with Gasteiger partial charge in [0.05, 0.1) is 20.3 Å². The number of unbranched alkanes of at least 4 members (excludes halogenated alkanes) is 1. The zero-order valence-corrected chi connectivity index (χ0v) is 15.6. The molecule has 1 aliphatic rings. The summed E-state index contributed by atoms with van der Waals surface area (Å²) in [7, 11) is 5.26. The van der Waals surface area contributed by atoms with Crippen molar-refractivity contribution in [1.29, 1.82) is 0 Å². The molecule has 1 heterocycles. The molecule has 1 amide bonds. The summed E-state index contributed by atoms with van der Waals surface area (Å²) in [4.78, 5) is 16.7. The Labute approximate surface area is 145 Å². The van der Waals surface area contributed by atoms with Gasteiger partial charge in [-0.05, 0) is 19.4 Å². The third kappa shape index (κ3) is 3.83. The molecule has 0 aliphatic carbocycles. The first kappa shape index (κ1) is 18.6. The van der Waals surface area contributed by atoms with Gasteiger partial charge in [0.2, 0.25) is 5.91 Å². The van der Waals surface area contributed by atoms with Crippen LogP contribution in [0.3, 0.4) is 0 Å². The second kappa shape index (κ2) is 8.38. The van der Waals surface area contributed by atoms with Gasteiger partial charge in [-0.2, -0.15) is 0 Å². The molecule has 24 heavy (non-hydrogen) atoms. The normalized spacial score (nSPS) is 18.8. The third-order valence-corrected chi connectivity index (χ3v) is 4.89. The smallest absolute Gasteiger partial charge is 0.239 e. The number of ether oxygens (including phenoxy) is 2. The number of piperazine rings is 1. The van der Waals surface area contributed by atoms with Crippen LogP contribution in [0.2, 0.25) is 0 Å². The molecule has 0 N–H and O–H groups in total. The van der Waals surface area contributed by atoms with Crippen LogP contribution in [0.1, 0.15) is 37.3 Å². The van der Waals surface area contributed by atoms with E-state index in [0.29, 0.717) is 0 Å². The van der Waals surface area contributed by atoms with Gasteiger partial charge in [0.15, 0.2) is 0 Å². The predicted octanol–water partition coefficient (Wildman–Crippen LogP) is 2.85. The van der Waals surface area contributed by atoms with Crippen molar-refractivity contribution in [3.8, 4) is 11.5 Å². The van der Waals surface area contributed by atoms with Crippen LogP contribution in [0.15, 0.2) is 12.1 Å². The number of carbonyl (C=O) groups is 1. The van der Waals surface area contributed by atoms with Gasteiger partial charge in [0.1, 0.15) is 11.5 Å². The average Bonchev–Trinajstić information content (AvgIpc) is 2.58. The quantitative estimate of drug-likeness (QED) is 0.769. The van der Waals surface area contributed by atoms with Gasteiger partial charge in [0.25, 0.3) is 0 Å². The van der Waals surface area contributed by atoms with Crippen molar-refractivity contribution < 1.29 is 14.3 Å². The number of benzene rings is 1. The van der Waals surface area contributed by atoms with Gasteiger partial charge in [0, 0.05) is 37.8 Å². The Morgan fingerprint density at radius 1 is 1.21 bits per heavy atom. The van der Waals surface area contributed by atoms with E-state index in [1.807, 2.05) is 31.0 Å². The van der Waals surface area contributed by atoms with Gasteiger partial charge in [-0.25, -0.2) is 0 Å². The Hall–Kier alpha value is -1.75. The number of nitrogens with zero attached hydrogens (tertiary/aromatic N) is 2. The van der Waals surface area contributed by atoms with Crippen molar-refractivity contribution in [1.82, 2.24) is 9.80 Å². The SMILES string of the molecule is CCCCC1C(=O)N(C)CCN1Cc1ccc(OC)c(C)c1OC. The highest BCUT2D eigenvalue weighted by atomic mass is 16.5. The zero-order chi connectivity index (χ0) is 17.7. The lowest BCUT2D eigenvalue weighted by Gasteiger charge is -2.39. The zero-order valence-electron chi connectivity index (χ0n) is 15.6. The van der Waals surface area contributed by atoms with Gasteiger partial charge in [-0.3, -0.25) is 9.69 Å². The summed E-state index contributed by atoms with van der Waals surface area (Å²) in [6.07, 6.45) is 3.09. The molecule has 0 bridgehead atoms. The standard InChI is InChI=1S/C19H30N2O3/c1-6-7-8-16-19(22)20(3)11-12-21(16)13-15-9-10-17(23-4)14(2)18(15)24-5/h9-10,16H,6-8,11-13H2,1-5H3. The number of carbonyl (C=O) groups excluding carboxylic acids is 1. The molecule has 134 valence electrons. The molecular weight excluding hydrogens is 304 g/mol. The molecule has 5 heteroatoms. The first-order valence-corrected chi connectivity index (χ1v) is 8.72. The fourth-order valence-electron chi connectivity index (χ4n) is 3.43. The first-order chi connectivity index (χ1) is 11.5. The van der Waals surface area contributed by atoms with Crippen molar-refractivity contribution in [2.75, 3.05) is 34.4 Å². The molecule has 1 unspecified atom stereocenters. The summed E-state index contributed by atoms with van der Waals surface area (Å²) in [6.45, 7) is 6.56. The molecule has 2 rings (SSSR count). The van der Waals surface area contributed by atoms with E-state index in [-0.39, 0.29) is 11.9 Å². The number of hydrogen-bond acceptors (Lipinski definition) is 4. The van der Waals surface area contributed by atoms with Crippen LogP contribution in [-0.2, 0) is 11.3 Å². The van der Waals surface area contributed by atoms with Gasteiger partial charge < -0.3 is 14.4 Å². The number of hydrogen-bond donors (Lipinski definition) is 0. The van der Waals surface area contributed by atoms with E-state index in [1.165, 1.54) is 0 Å². The Morgan fingerprint density at radius 2 is 1.96 bits per heavy atom. The molecule has 0 spiro atoms. The third-order valence-electron chi connectivity index (χ3n) is 4.89. The number of likely N-dealkylation sites (N-methyl/N-ethyl adjacent to an activating group) is 1. The number of methoxy groups -OCH3 is 2. The molecule has 5 nitrogen and oxygen atoms in total. The highest BCUT2D eigenvalue weighted by Crippen LogP contribution is 2.33. The summed E-state index contributed by atoms with van der Waals surface area (Å²) >= 11 is 0. The highest BCUT2D eigenvalue weighted by Gasteiger charge is 2.32. The number of rotatable bonds is 7. The monoisotopic (exact) mass is 334 g/mol. The molecule has 1 aromatic rings. The molecule has 0 aromatic heterocycles. The molecule has 1 atom stereocenters. The van der Waals surface area contributed by atoms with Crippen molar-refractivity contribution in [3.05, 3.63) is 23.3 Å². The maximum Gasteiger partial charge on any atom is 0.239 e. The van der Waals surface area contributed by atoms with Crippen molar-refractivity contribution in [2.24, 2.45) is 0 Å². The topological polar surface area (TPSA) is 42.0 Å². The van der Waals surface area contributed by atoms with Crippen LogP contribution < -0.4 is 9.47 Å². The van der Waals surface area contributed by atoms with Gasteiger partial charge in [-0.15, -0.1) is 0 Å². The second-order valence-corrected chi connectivity index (χ2v) is 6.47. The van der Waals surface area contributed by atoms with Crippen LogP contribution >= 0.6 is 0 Å². The molecular formula is C19H30N2O3. The van der Waals surface area contributed by atoms with Crippen LogP contribution in [0.25, 0.3) is 0 Å². The van der Waals surface area contributed by atoms with Gasteiger partial charge >= 0.3 is 0 Å². The Kier molecular flexibility index (Phi) is 6.49. The van der Waals surface area contributed by atoms with E-state index < -0.39 is 0 Å². The molecule has 1 aliphatic heterocycles. The van der Waals surface area contributed by atoms with Crippen LogP contribution in [0.4, 0.5) is 0 Å². The van der Waals surface area contributed by atoms with E-state index >= 15 is 0 Å². The molecule has 1 fully saturated rings. The Balaban J connectivity index is 2.24. The summed E-state index contributed by atoms with van der Waals surface area (Å²) in [5.41, 5.74) is 2.11. The van der Waals surface area contributed by atoms with E-state index in [1.54, 1.807) is 14.2 Å². The minimum Gasteiger partial charge on any atom is -0.496 e. The van der Waals surface area contributed by atoms with E-state index in [2.05, 4.69) is 11.8 Å². The lowest BCUT2D eigenvalue weighted by molar-refractivity contribution is -0.140. The van der Waals surface area contributed by atoms with Crippen LogP contribution in [-0.4, -0.2) is 56.1 Å². The summed E-state index contributed by atoms with van der Waals surface area (Å²) in [5, 5.41) is 0. The van der Waals surface area contributed by atoms with Crippen molar-refractivity contribution in [2.45, 2.75) is 45.7 Å². The van der Waals surface area contributed by atoms with E-state index in [9.17, 15) is 4.79 Å². The largest absolute Gasteiger partial charge is 0.496 e. The molecule has 0 saturated carbocycles. The maximum atomic E-state index is 12.6. The van der Waals surface area contributed by atoms with Crippen LogP contribution in [0, 0.1) is 6.92 Å². The molecule has 0 radical (unpaired) electrons. The molecule has 1 saturated heterocycles. The summed E-state index contributed by atoms with van der Waals surface area (Å²) in [6, 6.07) is 3.99. The minimum absolute atomic E-state index is 0.0317. The summed E-state index contributed by atoms with van der Waals surface area (Å²) < 4.78 is 11.0. The highest BCUT2D eigenvalue weighted by molar-refractivity contribution is 5.82. The average molecular weight is 334 g/mol. The minimum atomic E-state index is -0.0317. The first-order valence-electron chi connectivity index (χ1n) is 8.72. The fraction of sp³-hybridized carbons (Fsp3) is 0.632. The van der Waals surface area contributed by atoms with Crippen molar-refractivity contribution >= 4 is 5.91 Å². The second-order valence-electron chi connectivity index (χ2n) is 6.47.